The molecule has 120 valence electrons. The molecule has 0 saturated carbocycles. The minimum atomic E-state index is -0.359. The van der Waals surface area contributed by atoms with Crippen LogP contribution in [0.4, 0.5) is 10.1 Å². The Morgan fingerprint density at radius 1 is 1.39 bits per heavy atom. The molecule has 3 rings (SSSR count). The molecule has 1 aromatic carbocycles. The van der Waals surface area contributed by atoms with E-state index in [0.717, 1.165) is 6.42 Å². The summed E-state index contributed by atoms with van der Waals surface area (Å²) in [5.74, 6) is -0.325. The highest BCUT2D eigenvalue weighted by atomic mass is 19.1. The Morgan fingerprint density at radius 2 is 2.26 bits per heavy atom. The van der Waals surface area contributed by atoms with Gasteiger partial charge in [-0.05, 0) is 30.7 Å². The van der Waals surface area contributed by atoms with Crippen molar-refractivity contribution < 1.29 is 18.7 Å². The van der Waals surface area contributed by atoms with Gasteiger partial charge in [0.25, 0.3) is 5.91 Å². The molecule has 1 aliphatic heterocycles. The number of nitrogens with one attached hydrogen (secondary N) is 1. The maximum Gasteiger partial charge on any atom is 0.255 e. The van der Waals surface area contributed by atoms with Crippen LogP contribution in [0.5, 0.6) is 5.88 Å². The summed E-state index contributed by atoms with van der Waals surface area (Å²) in [5, 5.41) is 2.66. The molecule has 0 aliphatic carbocycles. The quantitative estimate of drug-likeness (QED) is 0.942. The minimum Gasteiger partial charge on any atom is -0.472 e. The third-order valence-corrected chi connectivity index (χ3v) is 3.60. The molecule has 2 heterocycles. The van der Waals surface area contributed by atoms with Crippen molar-refractivity contribution in [2.45, 2.75) is 19.4 Å². The molecule has 2 aromatic rings. The second-order valence-corrected chi connectivity index (χ2v) is 5.40. The fraction of sp³-hybridized carbons (Fsp3) is 0.294. The fourth-order valence-corrected chi connectivity index (χ4v) is 2.27. The number of carbonyl (C=O) groups is 1. The highest BCUT2D eigenvalue weighted by Crippen LogP contribution is 2.18. The SMILES string of the molecule is Cc1ccc(NC(=O)c2ccnc(OC3CCOC3)c2)cc1F. The summed E-state index contributed by atoms with van der Waals surface area (Å²) in [4.78, 5) is 16.4. The van der Waals surface area contributed by atoms with E-state index in [1.807, 2.05) is 0 Å². The number of ether oxygens (including phenoxy) is 2. The van der Waals surface area contributed by atoms with Crippen LogP contribution in [0.15, 0.2) is 36.5 Å². The lowest BCUT2D eigenvalue weighted by molar-refractivity contribution is 0.102. The average Bonchev–Trinajstić information content (AvgIpc) is 3.04. The molecular weight excluding hydrogens is 299 g/mol. The van der Waals surface area contributed by atoms with E-state index in [4.69, 9.17) is 9.47 Å². The molecule has 23 heavy (non-hydrogen) atoms. The molecule has 1 N–H and O–H groups in total. The molecular formula is C17H17FN2O3. The molecule has 5 nitrogen and oxygen atoms in total. The van der Waals surface area contributed by atoms with E-state index < -0.39 is 0 Å². The van der Waals surface area contributed by atoms with Crippen molar-refractivity contribution in [1.82, 2.24) is 4.98 Å². The lowest BCUT2D eigenvalue weighted by atomic mass is 10.2. The number of rotatable bonds is 4. The predicted molar refractivity (Wildman–Crippen MR) is 83.2 cm³/mol. The molecule has 0 radical (unpaired) electrons. The van der Waals surface area contributed by atoms with E-state index in [0.29, 0.717) is 35.9 Å². The van der Waals surface area contributed by atoms with Crippen LogP contribution in [0.1, 0.15) is 22.3 Å². The third kappa shape index (κ3) is 3.84. The third-order valence-electron chi connectivity index (χ3n) is 3.60. The van der Waals surface area contributed by atoms with Gasteiger partial charge < -0.3 is 14.8 Å². The van der Waals surface area contributed by atoms with Gasteiger partial charge in [-0.3, -0.25) is 4.79 Å². The van der Waals surface area contributed by atoms with Gasteiger partial charge in [0, 0.05) is 29.9 Å². The molecule has 1 unspecified atom stereocenters. The Bertz CT molecular complexity index is 715. The normalized spacial score (nSPS) is 17.0. The van der Waals surface area contributed by atoms with E-state index in [9.17, 15) is 9.18 Å². The van der Waals surface area contributed by atoms with Crippen LogP contribution in [-0.2, 0) is 4.74 Å². The van der Waals surface area contributed by atoms with Gasteiger partial charge in [0.15, 0.2) is 0 Å². The van der Waals surface area contributed by atoms with Gasteiger partial charge in [-0.1, -0.05) is 6.07 Å². The van der Waals surface area contributed by atoms with Gasteiger partial charge in [-0.25, -0.2) is 9.37 Å². The first kappa shape index (κ1) is 15.4. The first-order chi connectivity index (χ1) is 11.1. The van der Waals surface area contributed by atoms with E-state index in [1.54, 1.807) is 31.2 Å². The number of carbonyl (C=O) groups excluding carboxylic acids is 1. The number of nitrogens with zero attached hydrogens (tertiary/aromatic N) is 1. The van der Waals surface area contributed by atoms with Gasteiger partial charge in [0.1, 0.15) is 11.9 Å². The number of aryl methyl sites for hydroxylation is 1. The predicted octanol–water partition coefficient (Wildman–Crippen LogP) is 2.95. The Balaban J connectivity index is 1.70. The zero-order chi connectivity index (χ0) is 16.2. The molecule has 6 heteroatoms. The molecule has 1 atom stereocenters. The number of pyridine rings is 1. The van der Waals surface area contributed by atoms with Crippen LogP contribution in [-0.4, -0.2) is 30.2 Å². The number of amides is 1. The number of halogens is 1. The highest BCUT2D eigenvalue weighted by molar-refractivity contribution is 6.04. The molecule has 0 bridgehead atoms. The summed E-state index contributed by atoms with van der Waals surface area (Å²) < 4.78 is 24.4. The van der Waals surface area contributed by atoms with Crippen molar-refractivity contribution in [2.24, 2.45) is 0 Å². The van der Waals surface area contributed by atoms with Crippen LogP contribution in [0.2, 0.25) is 0 Å². The first-order valence-corrected chi connectivity index (χ1v) is 7.40. The summed E-state index contributed by atoms with van der Waals surface area (Å²) in [6, 6.07) is 7.72. The lowest BCUT2D eigenvalue weighted by Gasteiger charge is -2.11. The highest BCUT2D eigenvalue weighted by Gasteiger charge is 2.18. The Hall–Kier alpha value is -2.47. The monoisotopic (exact) mass is 316 g/mol. The maximum atomic E-state index is 13.5. The Kier molecular flexibility index (Phi) is 4.52. The molecule has 1 aromatic heterocycles. The second kappa shape index (κ2) is 6.75. The van der Waals surface area contributed by atoms with Gasteiger partial charge in [-0.2, -0.15) is 0 Å². The van der Waals surface area contributed by atoms with Crippen LogP contribution in [0.3, 0.4) is 0 Å². The summed E-state index contributed by atoms with van der Waals surface area (Å²) in [7, 11) is 0. The fourth-order valence-electron chi connectivity index (χ4n) is 2.27. The molecule has 1 fully saturated rings. The van der Waals surface area contributed by atoms with E-state index in [1.165, 1.54) is 12.3 Å². The second-order valence-electron chi connectivity index (χ2n) is 5.40. The summed E-state index contributed by atoms with van der Waals surface area (Å²) >= 11 is 0. The maximum absolute atomic E-state index is 13.5. The topological polar surface area (TPSA) is 60.5 Å². The molecule has 1 aliphatic rings. The van der Waals surface area contributed by atoms with Crippen molar-refractivity contribution in [2.75, 3.05) is 18.5 Å². The van der Waals surface area contributed by atoms with Gasteiger partial charge >= 0.3 is 0 Å². The van der Waals surface area contributed by atoms with E-state index in [2.05, 4.69) is 10.3 Å². The zero-order valence-corrected chi connectivity index (χ0v) is 12.7. The van der Waals surface area contributed by atoms with Crippen LogP contribution < -0.4 is 10.1 Å². The number of hydrogen-bond donors (Lipinski definition) is 1. The Morgan fingerprint density at radius 3 is 3.00 bits per heavy atom. The summed E-state index contributed by atoms with van der Waals surface area (Å²) in [6.45, 7) is 2.87. The van der Waals surface area contributed by atoms with Gasteiger partial charge in [0.05, 0.1) is 13.2 Å². The van der Waals surface area contributed by atoms with Gasteiger partial charge in [-0.15, -0.1) is 0 Å². The number of aromatic nitrogens is 1. The number of benzene rings is 1. The van der Waals surface area contributed by atoms with E-state index >= 15 is 0 Å². The molecule has 0 spiro atoms. The summed E-state index contributed by atoms with van der Waals surface area (Å²) in [5.41, 5.74) is 1.33. The first-order valence-electron chi connectivity index (χ1n) is 7.40. The molecule has 1 amide bonds. The van der Waals surface area contributed by atoms with Crippen molar-refractivity contribution in [3.8, 4) is 5.88 Å². The Labute approximate surface area is 133 Å². The van der Waals surface area contributed by atoms with Crippen LogP contribution >= 0.6 is 0 Å². The van der Waals surface area contributed by atoms with Gasteiger partial charge in [0.2, 0.25) is 5.88 Å². The summed E-state index contributed by atoms with van der Waals surface area (Å²) in [6.07, 6.45) is 2.28. The average molecular weight is 316 g/mol. The van der Waals surface area contributed by atoms with Crippen molar-refractivity contribution in [1.29, 1.82) is 0 Å². The van der Waals surface area contributed by atoms with Crippen molar-refractivity contribution in [3.05, 3.63) is 53.5 Å². The zero-order valence-electron chi connectivity index (χ0n) is 12.7. The van der Waals surface area contributed by atoms with Crippen molar-refractivity contribution in [3.63, 3.8) is 0 Å². The van der Waals surface area contributed by atoms with Crippen LogP contribution in [0, 0.1) is 12.7 Å². The number of hydrogen-bond acceptors (Lipinski definition) is 4. The standard InChI is InChI=1S/C17H17FN2O3/c1-11-2-3-13(9-15(11)18)20-17(21)12-4-6-19-16(8-12)23-14-5-7-22-10-14/h2-4,6,8-9,14H,5,7,10H2,1H3,(H,20,21). The van der Waals surface area contributed by atoms with Crippen LogP contribution in [0.25, 0.3) is 0 Å². The minimum absolute atomic E-state index is 0.0352. The smallest absolute Gasteiger partial charge is 0.255 e. The molecule has 1 saturated heterocycles. The van der Waals surface area contributed by atoms with Crippen molar-refractivity contribution >= 4 is 11.6 Å². The number of anilines is 1. The largest absolute Gasteiger partial charge is 0.472 e. The van der Waals surface area contributed by atoms with E-state index in [-0.39, 0.29) is 17.8 Å². The lowest BCUT2D eigenvalue weighted by Crippen LogP contribution is -2.17.